The second kappa shape index (κ2) is 7.08. The van der Waals surface area contributed by atoms with E-state index in [2.05, 4.69) is 60.2 Å². The van der Waals surface area contributed by atoms with Crippen molar-refractivity contribution >= 4 is 38.9 Å². The lowest BCUT2D eigenvalue weighted by Crippen LogP contribution is -2.23. The van der Waals surface area contributed by atoms with E-state index < -0.39 is 0 Å². The molecular weight excluding hydrogens is 354 g/mol. The first-order valence-electron chi connectivity index (χ1n) is 6.78. The molecule has 0 saturated carbocycles. The Morgan fingerprint density at radius 2 is 2.05 bits per heavy atom. The predicted molar refractivity (Wildman–Crippen MR) is 93.1 cm³/mol. The smallest absolute Gasteiger partial charge is 0.0588 e. The minimum Gasteiger partial charge on any atom is -0.306 e. The largest absolute Gasteiger partial charge is 0.306 e. The van der Waals surface area contributed by atoms with Gasteiger partial charge in [-0.25, -0.2) is 0 Å². The average Bonchev–Trinajstić information content (AvgIpc) is 2.73. The van der Waals surface area contributed by atoms with Crippen LogP contribution >= 0.6 is 38.9 Å². The molecular formula is C16H19BrClNS. The summed E-state index contributed by atoms with van der Waals surface area (Å²) in [5, 5.41) is 4.40. The van der Waals surface area contributed by atoms with Gasteiger partial charge in [-0.1, -0.05) is 24.6 Å². The van der Waals surface area contributed by atoms with Crippen molar-refractivity contribution in [2.75, 3.05) is 6.54 Å². The summed E-state index contributed by atoms with van der Waals surface area (Å²) in [7, 11) is 0. The van der Waals surface area contributed by atoms with E-state index in [1.165, 1.54) is 20.9 Å². The zero-order chi connectivity index (χ0) is 14.7. The van der Waals surface area contributed by atoms with E-state index in [1.54, 1.807) is 0 Å². The van der Waals surface area contributed by atoms with E-state index in [0.717, 1.165) is 22.5 Å². The highest BCUT2D eigenvalue weighted by Gasteiger charge is 2.18. The highest BCUT2D eigenvalue weighted by molar-refractivity contribution is 9.10. The Balaban J connectivity index is 2.41. The lowest BCUT2D eigenvalue weighted by molar-refractivity contribution is 0.598. The molecule has 0 aliphatic rings. The molecule has 2 rings (SSSR count). The summed E-state index contributed by atoms with van der Waals surface area (Å²) in [4.78, 5) is 2.73. The van der Waals surface area contributed by atoms with Gasteiger partial charge in [0.05, 0.1) is 11.1 Å². The van der Waals surface area contributed by atoms with Gasteiger partial charge in [-0.2, -0.15) is 0 Å². The molecule has 1 unspecified atom stereocenters. The number of rotatable bonds is 5. The summed E-state index contributed by atoms with van der Waals surface area (Å²) in [6.07, 6.45) is 1.12. The van der Waals surface area contributed by atoms with Crippen LogP contribution in [0.1, 0.15) is 40.3 Å². The molecule has 4 heteroatoms. The standard InChI is InChI=1S/C16H19BrClNS/c1-4-7-19-16(13-8-10(2)20-11(13)3)12-5-6-15(18)14(17)9-12/h5-6,8-9,16,19H,4,7H2,1-3H3. The number of aryl methyl sites for hydroxylation is 2. The molecule has 1 atom stereocenters. The number of hydrogen-bond donors (Lipinski definition) is 1. The van der Waals surface area contributed by atoms with Gasteiger partial charge in [0.2, 0.25) is 0 Å². The quantitative estimate of drug-likeness (QED) is 0.692. The van der Waals surface area contributed by atoms with Crippen LogP contribution in [0.4, 0.5) is 0 Å². The third kappa shape index (κ3) is 3.64. The van der Waals surface area contributed by atoms with Gasteiger partial charge in [0.15, 0.2) is 0 Å². The van der Waals surface area contributed by atoms with E-state index in [1.807, 2.05) is 17.4 Å². The number of nitrogens with one attached hydrogen (secondary N) is 1. The van der Waals surface area contributed by atoms with Crippen molar-refractivity contribution in [3.05, 3.63) is 54.6 Å². The van der Waals surface area contributed by atoms with Crippen molar-refractivity contribution in [3.63, 3.8) is 0 Å². The predicted octanol–water partition coefficient (Wildman–Crippen LogP) is 5.87. The van der Waals surface area contributed by atoms with E-state index in [-0.39, 0.29) is 6.04 Å². The zero-order valence-electron chi connectivity index (χ0n) is 12.0. The van der Waals surface area contributed by atoms with Gasteiger partial charge in [0, 0.05) is 14.2 Å². The Bertz CT molecular complexity index is 594. The van der Waals surface area contributed by atoms with Gasteiger partial charge in [0.25, 0.3) is 0 Å². The molecule has 0 spiro atoms. The second-order valence-corrected chi connectivity index (χ2v) is 7.65. The fourth-order valence-corrected chi connectivity index (χ4v) is 3.80. The summed E-state index contributed by atoms with van der Waals surface area (Å²) < 4.78 is 0.949. The Morgan fingerprint density at radius 3 is 2.60 bits per heavy atom. The maximum absolute atomic E-state index is 6.11. The van der Waals surface area contributed by atoms with Crippen LogP contribution in [-0.4, -0.2) is 6.54 Å². The Kier molecular flexibility index (Phi) is 5.67. The van der Waals surface area contributed by atoms with Gasteiger partial charge in [-0.3, -0.25) is 0 Å². The number of thiophene rings is 1. The molecule has 0 aliphatic heterocycles. The van der Waals surface area contributed by atoms with Gasteiger partial charge in [-0.05, 0) is 72.1 Å². The molecule has 0 fully saturated rings. The van der Waals surface area contributed by atoms with Crippen molar-refractivity contribution in [1.82, 2.24) is 5.32 Å². The molecule has 1 N–H and O–H groups in total. The maximum Gasteiger partial charge on any atom is 0.0588 e. The summed E-state index contributed by atoms with van der Waals surface area (Å²) >= 11 is 11.5. The average molecular weight is 373 g/mol. The molecule has 1 nitrogen and oxygen atoms in total. The summed E-state index contributed by atoms with van der Waals surface area (Å²) in [5.74, 6) is 0. The summed E-state index contributed by atoms with van der Waals surface area (Å²) in [5.41, 5.74) is 2.62. The molecule has 1 aromatic heterocycles. The molecule has 0 aliphatic carbocycles. The summed E-state index contributed by atoms with van der Waals surface area (Å²) in [6.45, 7) is 7.54. The molecule has 0 radical (unpaired) electrons. The molecule has 1 heterocycles. The summed E-state index contributed by atoms with van der Waals surface area (Å²) in [6, 6.07) is 8.69. The fraction of sp³-hybridized carbons (Fsp3) is 0.375. The van der Waals surface area contributed by atoms with Crippen molar-refractivity contribution < 1.29 is 0 Å². The molecule has 108 valence electrons. The minimum atomic E-state index is 0.230. The number of halogens is 2. The van der Waals surface area contributed by atoms with E-state index in [0.29, 0.717) is 0 Å². The van der Waals surface area contributed by atoms with Gasteiger partial charge in [-0.15, -0.1) is 11.3 Å². The van der Waals surface area contributed by atoms with Crippen LogP contribution in [0.15, 0.2) is 28.7 Å². The highest BCUT2D eigenvalue weighted by atomic mass is 79.9. The monoisotopic (exact) mass is 371 g/mol. The first-order chi connectivity index (χ1) is 9.52. The van der Waals surface area contributed by atoms with Gasteiger partial charge in [0.1, 0.15) is 0 Å². The Labute approximate surface area is 138 Å². The van der Waals surface area contributed by atoms with Crippen LogP contribution in [0.3, 0.4) is 0 Å². The highest BCUT2D eigenvalue weighted by Crippen LogP contribution is 2.33. The van der Waals surface area contributed by atoms with Crippen molar-refractivity contribution in [3.8, 4) is 0 Å². The van der Waals surface area contributed by atoms with E-state index >= 15 is 0 Å². The minimum absolute atomic E-state index is 0.230. The molecule has 1 aromatic carbocycles. The van der Waals surface area contributed by atoms with Crippen LogP contribution in [-0.2, 0) is 0 Å². The first-order valence-corrected chi connectivity index (χ1v) is 8.77. The van der Waals surface area contributed by atoms with Crippen LogP contribution in [0, 0.1) is 13.8 Å². The van der Waals surface area contributed by atoms with E-state index in [4.69, 9.17) is 11.6 Å². The third-order valence-corrected chi connectivity index (χ3v) is 5.46. The Morgan fingerprint density at radius 1 is 1.30 bits per heavy atom. The van der Waals surface area contributed by atoms with E-state index in [9.17, 15) is 0 Å². The lowest BCUT2D eigenvalue weighted by atomic mass is 9.99. The SMILES string of the molecule is CCCNC(c1ccc(Cl)c(Br)c1)c1cc(C)sc1C. The maximum atomic E-state index is 6.11. The number of benzene rings is 1. The van der Waals surface area contributed by atoms with Crippen molar-refractivity contribution in [2.45, 2.75) is 33.2 Å². The van der Waals surface area contributed by atoms with Crippen LogP contribution in [0.25, 0.3) is 0 Å². The fourth-order valence-electron chi connectivity index (χ4n) is 2.33. The molecule has 0 amide bonds. The van der Waals surface area contributed by atoms with Gasteiger partial charge < -0.3 is 5.32 Å². The first kappa shape index (κ1) is 16.0. The third-order valence-electron chi connectivity index (χ3n) is 3.27. The van der Waals surface area contributed by atoms with Crippen molar-refractivity contribution in [1.29, 1.82) is 0 Å². The van der Waals surface area contributed by atoms with Crippen LogP contribution < -0.4 is 5.32 Å². The number of hydrogen-bond acceptors (Lipinski definition) is 2. The van der Waals surface area contributed by atoms with Crippen molar-refractivity contribution in [2.24, 2.45) is 0 Å². The zero-order valence-corrected chi connectivity index (χ0v) is 15.1. The van der Waals surface area contributed by atoms with Crippen LogP contribution in [0.5, 0.6) is 0 Å². The topological polar surface area (TPSA) is 12.0 Å². The second-order valence-electron chi connectivity index (χ2n) is 4.93. The molecule has 2 aromatic rings. The lowest BCUT2D eigenvalue weighted by Gasteiger charge is -2.20. The molecule has 0 saturated heterocycles. The molecule has 0 bridgehead atoms. The molecule has 20 heavy (non-hydrogen) atoms. The normalized spacial score (nSPS) is 12.7. The Hall–Kier alpha value is -0.350. The van der Waals surface area contributed by atoms with Crippen LogP contribution in [0.2, 0.25) is 5.02 Å². The van der Waals surface area contributed by atoms with Gasteiger partial charge >= 0.3 is 0 Å².